The predicted octanol–water partition coefficient (Wildman–Crippen LogP) is 3.42. The van der Waals surface area contributed by atoms with Crippen LogP contribution < -0.4 is 10.1 Å². The number of methoxy groups -OCH3 is 1. The van der Waals surface area contributed by atoms with Gasteiger partial charge in [-0.05, 0) is 36.4 Å². The summed E-state index contributed by atoms with van der Waals surface area (Å²) in [5.74, 6) is -0.808. The van der Waals surface area contributed by atoms with Gasteiger partial charge in [0, 0.05) is 12.7 Å². The van der Waals surface area contributed by atoms with Crippen molar-refractivity contribution in [2.24, 2.45) is 0 Å². The van der Waals surface area contributed by atoms with E-state index in [9.17, 15) is 22.8 Å². The lowest BCUT2D eigenvalue weighted by Gasteiger charge is -2.19. The van der Waals surface area contributed by atoms with Gasteiger partial charge in [0.25, 0.3) is 5.91 Å². The minimum atomic E-state index is -4.65. The van der Waals surface area contributed by atoms with Crippen LogP contribution >= 0.6 is 0 Å². The van der Waals surface area contributed by atoms with Crippen LogP contribution in [0, 0.1) is 0 Å². The van der Waals surface area contributed by atoms with Crippen LogP contribution in [0.5, 0.6) is 5.75 Å². The minimum Gasteiger partial charge on any atom is -0.497 e. The van der Waals surface area contributed by atoms with Crippen molar-refractivity contribution in [3.63, 3.8) is 0 Å². The topological polar surface area (TPSA) is 58.6 Å². The van der Waals surface area contributed by atoms with Crippen LogP contribution in [0.25, 0.3) is 0 Å². The summed E-state index contributed by atoms with van der Waals surface area (Å²) < 4.78 is 44.1. The van der Waals surface area contributed by atoms with E-state index in [1.807, 2.05) is 0 Å². The molecule has 2 amide bonds. The molecule has 1 N–H and O–H groups in total. The van der Waals surface area contributed by atoms with Gasteiger partial charge in [-0.15, -0.1) is 0 Å². The molecule has 0 heterocycles. The number of nitrogens with one attached hydrogen (secondary N) is 1. The third-order valence-electron chi connectivity index (χ3n) is 3.56. The number of ether oxygens (including phenoxy) is 1. The van der Waals surface area contributed by atoms with Crippen LogP contribution in [0.15, 0.2) is 48.5 Å². The smallest absolute Gasteiger partial charge is 0.417 e. The number of carbonyl (C=O) groups is 2. The Morgan fingerprint density at radius 2 is 1.69 bits per heavy atom. The number of halogens is 3. The molecule has 2 rings (SSSR count). The maximum Gasteiger partial charge on any atom is 0.417 e. The van der Waals surface area contributed by atoms with Crippen molar-refractivity contribution in [3.05, 3.63) is 59.7 Å². The van der Waals surface area contributed by atoms with Gasteiger partial charge < -0.3 is 15.0 Å². The summed E-state index contributed by atoms with van der Waals surface area (Å²) in [6.07, 6.45) is -4.65. The number of anilines is 1. The average molecular weight is 366 g/mol. The van der Waals surface area contributed by atoms with E-state index in [0.29, 0.717) is 11.4 Å². The van der Waals surface area contributed by atoms with Crippen molar-refractivity contribution in [1.82, 2.24) is 4.90 Å². The van der Waals surface area contributed by atoms with E-state index in [2.05, 4.69) is 5.32 Å². The zero-order valence-electron chi connectivity index (χ0n) is 14.1. The summed E-state index contributed by atoms with van der Waals surface area (Å²) in [5, 5.41) is 2.56. The molecule has 26 heavy (non-hydrogen) atoms. The molecule has 0 aliphatic rings. The van der Waals surface area contributed by atoms with Gasteiger partial charge in [-0.2, -0.15) is 13.2 Å². The van der Waals surface area contributed by atoms with Crippen LogP contribution in [0.4, 0.5) is 18.9 Å². The zero-order chi connectivity index (χ0) is 19.3. The summed E-state index contributed by atoms with van der Waals surface area (Å²) in [4.78, 5) is 25.3. The van der Waals surface area contributed by atoms with Crippen LogP contribution in [0.2, 0.25) is 0 Å². The first kappa shape index (κ1) is 19.3. The molecular formula is C18H17F3N2O3. The molecule has 0 saturated heterocycles. The van der Waals surface area contributed by atoms with Crippen molar-refractivity contribution < 1.29 is 27.5 Å². The summed E-state index contributed by atoms with van der Waals surface area (Å²) in [5.41, 5.74) is -1.06. The first-order chi connectivity index (χ1) is 12.2. The highest BCUT2D eigenvalue weighted by atomic mass is 19.4. The fourth-order valence-electron chi connectivity index (χ4n) is 2.28. The lowest BCUT2D eigenvalue weighted by Crippen LogP contribution is -2.35. The van der Waals surface area contributed by atoms with Crippen LogP contribution in [0.3, 0.4) is 0 Å². The van der Waals surface area contributed by atoms with Crippen molar-refractivity contribution in [2.45, 2.75) is 6.18 Å². The highest BCUT2D eigenvalue weighted by Crippen LogP contribution is 2.32. The van der Waals surface area contributed by atoms with E-state index in [1.165, 1.54) is 26.3 Å². The van der Waals surface area contributed by atoms with Gasteiger partial charge in [0.2, 0.25) is 5.91 Å². The fraction of sp³-hybridized carbons (Fsp3) is 0.222. The third-order valence-corrected chi connectivity index (χ3v) is 3.56. The van der Waals surface area contributed by atoms with Gasteiger partial charge in [-0.25, -0.2) is 0 Å². The van der Waals surface area contributed by atoms with Gasteiger partial charge >= 0.3 is 6.18 Å². The Hall–Kier alpha value is -3.03. The van der Waals surface area contributed by atoms with E-state index in [1.54, 1.807) is 24.3 Å². The molecule has 0 spiro atoms. The van der Waals surface area contributed by atoms with Crippen molar-refractivity contribution in [2.75, 3.05) is 26.0 Å². The fourth-order valence-corrected chi connectivity index (χ4v) is 2.28. The molecule has 0 atom stereocenters. The second-order valence-corrected chi connectivity index (χ2v) is 5.48. The third kappa shape index (κ3) is 4.75. The van der Waals surface area contributed by atoms with Gasteiger partial charge in [0.05, 0.1) is 24.8 Å². The molecular weight excluding hydrogens is 349 g/mol. The van der Waals surface area contributed by atoms with Crippen LogP contribution in [-0.4, -0.2) is 37.4 Å². The van der Waals surface area contributed by atoms with Gasteiger partial charge in [0.15, 0.2) is 0 Å². The van der Waals surface area contributed by atoms with Crippen molar-refractivity contribution >= 4 is 17.5 Å². The first-order valence-corrected chi connectivity index (χ1v) is 7.58. The monoisotopic (exact) mass is 366 g/mol. The predicted molar refractivity (Wildman–Crippen MR) is 90.0 cm³/mol. The van der Waals surface area contributed by atoms with E-state index in [0.717, 1.165) is 17.0 Å². The maximum atomic E-state index is 13.0. The number of hydrogen-bond acceptors (Lipinski definition) is 3. The molecule has 2 aromatic carbocycles. The second kappa shape index (κ2) is 7.90. The molecule has 0 fully saturated rings. The average Bonchev–Trinajstić information content (AvgIpc) is 2.60. The molecule has 138 valence electrons. The Labute approximate surface area is 148 Å². The maximum absolute atomic E-state index is 13.0. The van der Waals surface area contributed by atoms with E-state index < -0.39 is 35.7 Å². The highest BCUT2D eigenvalue weighted by molar-refractivity contribution is 6.00. The summed E-state index contributed by atoms with van der Waals surface area (Å²) in [6.45, 7) is -0.392. The molecule has 5 nitrogen and oxygen atoms in total. The lowest BCUT2D eigenvalue weighted by molar-refractivity contribution is -0.138. The number of amides is 2. The Bertz CT molecular complexity index is 789. The first-order valence-electron chi connectivity index (χ1n) is 7.58. The molecule has 0 bridgehead atoms. The van der Waals surface area contributed by atoms with Crippen molar-refractivity contribution in [3.8, 4) is 5.75 Å². The van der Waals surface area contributed by atoms with E-state index in [4.69, 9.17) is 4.74 Å². The Morgan fingerprint density at radius 3 is 2.27 bits per heavy atom. The van der Waals surface area contributed by atoms with Gasteiger partial charge in [-0.3, -0.25) is 9.59 Å². The summed E-state index contributed by atoms with van der Waals surface area (Å²) in [7, 11) is 2.77. The molecule has 0 aliphatic heterocycles. The number of rotatable bonds is 5. The van der Waals surface area contributed by atoms with E-state index >= 15 is 0 Å². The summed E-state index contributed by atoms with van der Waals surface area (Å²) >= 11 is 0. The largest absolute Gasteiger partial charge is 0.497 e. The van der Waals surface area contributed by atoms with Gasteiger partial charge in [-0.1, -0.05) is 12.1 Å². The van der Waals surface area contributed by atoms with Crippen LogP contribution in [0.1, 0.15) is 15.9 Å². The molecule has 0 aromatic heterocycles. The SMILES string of the molecule is COc1ccc(NC(=O)CN(C)C(=O)c2ccccc2C(F)(F)F)cc1. The molecule has 0 saturated carbocycles. The standard InChI is InChI=1S/C18H17F3N2O3/c1-23(11-16(24)22-12-7-9-13(26-2)10-8-12)17(25)14-5-3-4-6-15(14)18(19,20)21/h3-10H,11H2,1-2H3,(H,22,24). The molecule has 0 unspecified atom stereocenters. The number of nitrogens with zero attached hydrogens (tertiary/aromatic N) is 1. The Morgan fingerprint density at radius 1 is 1.08 bits per heavy atom. The summed E-state index contributed by atoms with van der Waals surface area (Å²) in [6, 6.07) is 11.0. The number of benzene rings is 2. The molecule has 2 aromatic rings. The Balaban J connectivity index is 2.06. The second-order valence-electron chi connectivity index (χ2n) is 5.48. The number of hydrogen-bond donors (Lipinski definition) is 1. The lowest BCUT2D eigenvalue weighted by atomic mass is 10.1. The quantitative estimate of drug-likeness (QED) is 0.882. The van der Waals surface area contributed by atoms with Crippen LogP contribution in [-0.2, 0) is 11.0 Å². The molecule has 0 aliphatic carbocycles. The molecule has 0 radical (unpaired) electrons. The highest BCUT2D eigenvalue weighted by Gasteiger charge is 2.35. The number of alkyl halides is 3. The minimum absolute atomic E-state index is 0.392. The number of carbonyl (C=O) groups excluding carboxylic acids is 2. The molecule has 8 heteroatoms. The Kier molecular flexibility index (Phi) is 5.86. The van der Waals surface area contributed by atoms with E-state index in [-0.39, 0.29) is 0 Å². The normalized spacial score (nSPS) is 11.0. The van der Waals surface area contributed by atoms with Crippen molar-refractivity contribution in [1.29, 1.82) is 0 Å². The number of likely N-dealkylation sites (N-methyl/N-ethyl adjacent to an activating group) is 1. The van der Waals surface area contributed by atoms with Gasteiger partial charge in [0.1, 0.15) is 5.75 Å². The zero-order valence-corrected chi connectivity index (χ0v) is 14.1.